The van der Waals surface area contributed by atoms with Crippen molar-refractivity contribution in [3.63, 3.8) is 0 Å². The highest BCUT2D eigenvalue weighted by Crippen LogP contribution is 2.09. The van der Waals surface area contributed by atoms with E-state index in [0.29, 0.717) is 5.92 Å². The topological polar surface area (TPSA) is 3.24 Å². The summed E-state index contributed by atoms with van der Waals surface area (Å²) in [6.07, 6.45) is 1.89. The van der Waals surface area contributed by atoms with Crippen LogP contribution in [0.5, 0.6) is 0 Å². The van der Waals surface area contributed by atoms with Crippen molar-refractivity contribution in [2.45, 2.75) is 6.92 Å². The molecule has 0 fully saturated rings. The van der Waals surface area contributed by atoms with Crippen LogP contribution in [0.1, 0.15) is 6.92 Å². The second-order valence-corrected chi connectivity index (χ2v) is 2.41. The van der Waals surface area contributed by atoms with Crippen molar-refractivity contribution in [2.75, 3.05) is 14.1 Å². The molecule has 9 heavy (non-hydrogen) atoms. The van der Waals surface area contributed by atoms with E-state index >= 15 is 0 Å². The zero-order chi connectivity index (χ0) is 7.44. The third-order valence-electron chi connectivity index (χ3n) is 1.45. The van der Waals surface area contributed by atoms with Crippen molar-refractivity contribution in [3.05, 3.63) is 24.9 Å². The SMILES string of the molecule is C=CC(C)C(=C)N(C)C. The van der Waals surface area contributed by atoms with Gasteiger partial charge < -0.3 is 4.90 Å². The standard InChI is InChI=1S/C8H15N/c1-6-7(2)8(3)9(4)5/h6-7H,1,3H2,2,4-5H3. The van der Waals surface area contributed by atoms with E-state index in [9.17, 15) is 0 Å². The smallest absolute Gasteiger partial charge is 0.0131 e. The molecular formula is C8H15N. The number of nitrogens with zero attached hydrogens (tertiary/aromatic N) is 1. The van der Waals surface area contributed by atoms with Crippen molar-refractivity contribution in [2.24, 2.45) is 5.92 Å². The first kappa shape index (κ1) is 8.28. The molecule has 0 aromatic carbocycles. The second kappa shape index (κ2) is 3.33. The highest BCUT2D eigenvalue weighted by atomic mass is 15.1. The molecule has 0 rings (SSSR count). The molecule has 0 bridgehead atoms. The monoisotopic (exact) mass is 125 g/mol. The van der Waals surface area contributed by atoms with Gasteiger partial charge in [0.25, 0.3) is 0 Å². The molecule has 0 aromatic rings. The highest BCUT2D eigenvalue weighted by molar-refractivity contribution is 5.03. The third kappa shape index (κ3) is 2.36. The molecule has 0 saturated carbocycles. The van der Waals surface area contributed by atoms with Crippen molar-refractivity contribution >= 4 is 0 Å². The van der Waals surface area contributed by atoms with E-state index in [1.165, 1.54) is 0 Å². The lowest BCUT2D eigenvalue weighted by Gasteiger charge is -2.18. The van der Waals surface area contributed by atoms with Gasteiger partial charge in [0.2, 0.25) is 0 Å². The van der Waals surface area contributed by atoms with Gasteiger partial charge in [-0.15, -0.1) is 6.58 Å². The quantitative estimate of drug-likeness (QED) is 0.520. The van der Waals surface area contributed by atoms with Gasteiger partial charge in [-0.25, -0.2) is 0 Å². The van der Waals surface area contributed by atoms with Gasteiger partial charge in [0.1, 0.15) is 0 Å². The van der Waals surface area contributed by atoms with E-state index in [-0.39, 0.29) is 0 Å². The fourth-order valence-electron chi connectivity index (χ4n) is 0.543. The molecule has 1 nitrogen and oxygen atoms in total. The molecule has 0 heterocycles. The molecule has 0 radical (unpaired) electrons. The number of allylic oxidation sites excluding steroid dienone is 1. The maximum atomic E-state index is 3.88. The van der Waals surface area contributed by atoms with Gasteiger partial charge in [-0.3, -0.25) is 0 Å². The first-order valence-electron chi connectivity index (χ1n) is 3.08. The molecule has 1 heteroatoms. The van der Waals surface area contributed by atoms with Crippen molar-refractivity contribution in [1.82, 2.24) is 4.90 Å². The Morgan fingerprint density at radius 2 is 2.00 bits per heavy atom. The van der Waals surface area contributed by atoms with Crippen LogP contribution >= 0.6 is 0 Å². The minimum atomic E-state index is 0.389. The Kier molecular flexibility index (Phi) is 3.07. The van der Waals surface area contributed by atoms with Gasteiger partial charge in [-0.05, 0) is 0 Å². The Balaban J connectivity index is 3.87. The second-order valence-electron chi connectivity index (χ2n) is 2.41. The number of hydrogen-bond donors (Lipinski definition) is 0. The van der Waals surface area contributed by atoms with Crippen LogP contribution < -0.4 is 0 Å². The summed E-state index contributed by atoms with van der Waals surface area (Å²) >= 11 is 0. The normalized spacial score (nSPS) is 12.3. The van der Waals surface area contributed by atoms with E-state index < -0.39 is 0 Å². The summed E-state index contributed by atoms with van der Waals surface area (Å²) in [7, 11) is 3.98. The van der Waals surface area contributed by atoms with Crippen LogP contribution in [0.2, 0.25) is 0 Å². The van der Waals surface area contributed by atoms with Crippen LogP contribution in [0.4, 0.5) is 0 Å². The van der Waals surface area contributed by atoms with Crippen molar-refractivity contribution in [3.8, 4) is 0 Å². The van der Waals surface area contributed by atoms with Crippen LogP contribution in [-0.2, 0) is 0 Å². The van der Waals surface area contributed by atoms with E-state index in [0.717, 1.165) is 5.70 Å². The Labute approximate surface area is 57.7 Å². The van der Waals surface area contributed by atoms with Crippen LogP contribution in [0.3, 0.4) is 0 Å². The fourth-order valence-corrected chi connectivity index (χ4v) is 0.543. The molecule has 0 aliphatic heterocycles. The van der Waals surface area contributed by atoms with E-state index in [2.05, 4.69) is 20.1 Å². The summed E-state index contributed by atoms with van der Waals surface area (Å²) in [5.74, 6) is 0.389. The summed E-state index contributed by atoms with van der Waals surface area (Å²) in [5.41, 5.74) is 1.10. The lowest BCUT2D eigenvalue weighted by atomic mass is 10.1. The summed E-state index contributed by atoms with van der Waals surface area (Å²) in [5, 5.41) is 0. The predicted octanol–water partition coefficient (Wildman–Crippen LogP) is 1.88. The number of rotatable bonds is 3. The maximum absolute atomic E-state index is 3.88. The average molecular weight is 125 g/mol. The van der Waals surface area contributed by atoms with E-state index in [4.69, 9.17) is 0 Å². The summed E-state index contributed by atoms with van der Waals surface area (Å²) in [6.45, 7) is 9.63. The van der Waals surface area contributed by atoms with Crippen LogP contribution in [0.15, 0.2) is 24.9 Å². The van der Waals surface area contributed by atoms with Gasteiger partial charge in [0.15, 0.2) is 0 Å². The van der Waals surface area contributed by atoms with Crippen LogP contribution in [0, 0.1) is 5.92 Å². The number of hydrogen-bond acceptors (Lipinski definition) is 1. The first-order valence-corrected chi connectivity index (χ1v) is 3.08. The Morgan fingerprint density at radius 3 is 2.11 bits per heavy atom. The third-order valence-corrected chi connectivity index (χ3v) is 1.45. The average Bonchev–Trinajstić information content (AvgIpc) is 1.84. The molecule has 1 atom stereocenters. The van der Waals surface area contributed by atoms with Crippen molar-refractivity contribution in [1.29, 1.82) is 0 Å². The minimum absolute atomic E-state index is 0.389. The van der Waals surface area contributed by atoms with Gasteiger partial charge in [-0.1, -0.05) is 19.6 Å². The molecule has 52 valence electrons. The molecule has 0 amide bonds. The van der Waals surface area contributed by atoms with Crippen LogP contribution in [-0.4, -0.2) is 19.0 Å². The van der Waals surface area contributed by atoms with E-state index in [1.807, 2.05) is 25.1 Å². The first-order chi connectivity index (χ1) is 4.09. The Hall–Kier alpha value is -0.720. The lowest BCUT2D eigenvalue weighted by Crippen LogP contribution is -2.14. The van der Waals surface area contributed by atoms with Gasteiger partial charge >= 0.3 is 0 Å². The van der Waals surface area contributed by atoms with E-state index in [1.54, 1.807) is 0 Å². The molecule has 0 N–H and O–H groups in total. The maximum Gasteiger partial charge on any atom is 0.0131 e. The molecule has 0 saturated heterocycles. The zero-order valence-corrected chi connectivity index (χ0v) is 6.52. The highest BCUT2D eigenvalue weighted by Gasteiger charge is 2.01. The van der Waals surface area contributed by atoms with Crippen molar-refractivity contribution < 1.29 is 0 Å². The molecular weight excluding hydrogens is 110 g/mol. The predicted molar refractivity (Wildman–Crippen MR) is 42.2 cm³/mol. The molecule has 1 unspecified atom stereocenters. The molecule has 0 aliphatic carbocycles. The fraction of sp³-hybridized carbons (Fsp3) is 0.500. The summed E-state index contributed by atoms with van der Waals surface area (Å²) in [6, 6.07) is 0. The summed E-state index contributed by atoms with van der Waals surface area (Å²) < 4.78 is 0. The lowest BCUT2D eigenvalue weighted by molar-refractivity contribution is 0.466. The molecule has 0 aromatic heterocycles. The Bertz CT molecular complexity index is 114. The Morgan fingerprint density at radius 1 is 1.56 bits per heavy atom. The largest absolute Gasteiger partial charge is 0.381 e. The molecule has 0 spiro atoms. The zero-order valence-electron chi connectivity index (χ0n) is 6.52. The van der Waals surface area contributed by atoms with Gasteiger partial charge in [-0.2, -0.15) is 0 Å². The summed E-state index contributed by atoms with van der Waals surface area (Å²) in [4.78, 5) is 2.01. The van der Waals surface area contributed by atoms with Gasteiger partial charge in [0, 0.05) is 25.7 Å². The minimum Gasteiger partial charge on any atom is -0.381 e. The van der Waals surface area contributed by atoms with Crippen LogP contribution in [0.25, 0.3) is 0 Å². The molecule has 0 aliphatic rings. The van der Waals surface area contributed by atoms with Gasteiger partial charge in [0.05, 0.1) is 0 Å².